The molecule has 2 saturated heterocycles. The molecule has 4 rings (SSSR count). The van der Waals surface area contributed by atoms with Gasteiger partial charge in [0.25, 0.3) is 5.91 Å². The summed E-state index contributed by atoms with van der Waals surface area (Å²) in [6.07, 6.45) is 7.15. The standard InChI is InChI=1S/C19H24N4O3/c1-22-10-17(21-14-22)18(24)23-12-19(13-23)15(6-9-26-19)5-8-25-11-16-4-2-3-7-20-16/h2-4,7,10,14-15H,5-6,8-9,11-13H2,1H3/t15-/m1/s1. The lowest BCUT2D eigenvalue weighted by molar-refractivity contribution is -0.120. The zero-order valence-corrected chi connectivity index (χ0v) is 15.0. The normalized spacial score (nSPS) is 21.1. The number of hydrogen-bond acceptors (Lipinski definition) is 5. The van der Waals surface area contributed by atoms with Crippen LogP contribution in [0.3, 0.4) is 0 Å². The van der Waals surface area contributed by atoms with Crippen molar-refractivity contribution in [3.05, 3.63) is 48.3 Å². The summed E-state index contributed by atoms with van der Waals surface area (Å²) in [5, 5.41) is 0. The Hall–Kier alpha value is -2.25. The van der Waals surface area contributed by atoms with Crippen molar-refractivity contribution in [2.45, 2.75) is 25.0 Å². The van der Waals surface area contributed by atoms with Gasteiger partial charge in [0.2, 0.25) is 0 Å². The second kappa shape index (κ2) is 7.17. The van der Waals surface area contributed by atoms with E-state index >= 15 is 0 Å². The Morgan fingerprint density at radius 3 is 3.00 bits per heavy atom. The van der Waals surface area contributed by atoms with Crippen molar-refractivity contribution < 1.29 is 14.3 Å². The van der Waals surface area contributed by atoms with Gasteiger partial charge in [-0.15, -0.1) is 0 Å². The van der Waals surface area contributed by atoms with Crippen molar-refractivity contribution in [3.8, 4) is 0 Å². The molecule has 2 fully saturated rings. The van der Waals surface area contributed by atoms with Crippen LogP contribution in [-0.2, 0) is 23.1 Å². The van der Waals surface area contributed by atoms with Crippen LogP contribution in [-0.4, -0.2) is 57.2 Å². The van der Waals surface area contributed by atoms with Crippen molar-refractivity contribution in [1.82, 2.24) is 19.4 Å². The lowest BCUT2D eigenvalue weighted by Crippen LogP contribution is -2.66. The first-order valence-electron chi connectivity index (χ1n) is 9.05. The van der Waals surface area contributed by atoms with Crippen LogP contribution in [0.15, 0.2) is 36.9 Å². The largest absolute Gasteiger partial charge is 0.375 e. The van der Waals surface area contributed by atoms with E-state index in [4.69, 9.17) is 9.47 Å². The second-order valence-electron chi connectivity index (χ2n) is 7.15. The number of likely N-dealkylation sites (tertiary alicyclic amines) is 1. The van der Waals surface area contributed by atoms with Gasteiger partial charge in [-0.05, 0) is 30.9 Å². The van der Waals surface area contributed by atoms with E-state index < -0.39 is 0 Å². The predicted octanol–water partition coefficient (Wildman–Crippen LogP) is 1.65. The summed E-state index contributed by atoms with van der Waals surface area (Å²) in [5.41, 5.74) is 1.25. The number of carbonyl (C=O) groups is 1. The minimum Gasteiger partial charge on any atom is -0.375 e. The van der Waals surface area contributed by atoms with Gasteiger partial charge in [0.1, 0.15) is 11.3 Å². The summed E-state index contributed by atoms with van der Waals surface area (Å²) in [6, 6.07) is 5.83. The quantitative estimate of drug-likeness (QED) is 0.736. The van der Waals surface area contributed by atoms with E-state index in [0.717, 1.165) is 25.1 Å². The van der Waals surface area contributed by atoms with E-state index in [0.29, 0.717) is 37.9 Å². The smallest absolute Gasteiger partial charge is 0.274 e. The first-order chi connectivity index (χ1) is 12.7. The number of amides is 1. The third kappa shape index (κ3) is 3.37. The van der Waals surface area contributed by atoms with Crippen molar-refractivity contribution >= 4 is 5.91 Å². The van der Waals surface area contributed by atoms with E-state index in [2.05, 4.69) is 9.97 Å². The van der Waals surface area contributed by atoms with Gasteiger partial charge in [-0.2, -0.15) is 0 Å². The fraction of sp³-hybridized carbons (Fsp3) is 0.526. The van der Waals surface area contributed by atoms with Crippen LogP contribution in [0.1, 0.15) is 29.0 Å². The Bertz CT molecular complexity index is 755. The topological polar surface area (TPSA) is 69.5 Å². The molecule has 1 spiro atoms. The molecule has 0 radical (unpaired) electrons. The highest BCUT2D eigenvalue weighted by Gasteiger charge is 2.54. The van der Waals surface area contributed by atoms with Gasteiger partial charge >= 0.3 is 0 Å². The summed E-state index contributed by atoms with van der Waals surface area (Å²) in [7, 11) is 1.86. The molecule has 0 bridgehead atoms. The second-order valence-corrected chi connectivity index (χ2v) is 7.15. The van der Waals surface area contributed by atoms with Gasteiger partial charge in [-0.3, -0.25) is 9.78 Å². The highest BCUT2D eigenvalue weighted by Crippen LogP contribution is 2.42. The Kier molecular flexibility index (Phi) is 4.74. The van der Waals surface area contributed by atoms with Crippen LogP contribution in [0.5, 0.6) is 0 Å². The third-order valence-corrected chi connectivity index (χ3v) is 5.31. The molecule has 0 N–H and O–H groups in total. The lowest BCUT2D eigenvalue weighted by Gasteiger charge is -2.50. The summed E-state index contributed by atoms with van der Waals surface area (Å²) in [5.74, 6) is 0.413. The lowest BCUT2D eigenvalue weighted by atomic mass is 9.79. The van der Waals surface area contributed by atoms with Crippen molar-refractivity contribution in [2.24, 2.45) is 13.0 Å². The maximum Gasteiger partial charge on any atom is 0.274 e. The number of carbonyl (C=O) groups excluding carboxylic acids is 1. The number of hydrogen-bond donors (Lipinski definition) is 0. The van der Waals surface area contributed by atoms with Gasteiger partial charge in [0.05, 0.1) is 31.7 Å². The van der Waals surface area contributed by atoms with Gasteiger partial charge in [-0.1, -0.05) is 6.07 Å². The average Bonchev–Trinajstić information content (AvgIpc) is 3.24. The van der Waals surface area contributed by atoms with Gasteiger partial charge in [-0.25, -0.2) is 4.98 Å². The molecule has 0 saturated carbocycles. The molecule has 0 aromatic carbocycles. The molecule has 26 heavy (non-hydrogen) atoms. The number of aryl methyl sites for hydroxylation is 1. The van der Waals surface area contributed by atoms with Crippen LogP contribution >= 0.6 is 0 Å². The predicted molar refractivity (Wildman–Crippen MR) is 94.4 cm³/mol. The molecular formula is C19H24N4O3. The van der Waals surface area contributed by atoms with Crippen molar-refractivity contribution in [2.75, 3.05) is 26.3 Å². The molecule has 7 heteroatoms. The monoisotopic (exact) mass is 356 g/mol. The highest BCUT2D eigenvalue weighted by atomic mass is 16.5. The van der Waals surface area contributed by atoms with Crippen LogP contribution < -0.4 is 0 Å². The summed E-state index contributed by atoms with van der Waals surface area (Å²) in [4.78, 5) is 22.7. The molecule has 0 aliphatic carbocycles. The fourth-order valence-corrected chi connectivity index (χ4v) is 3.86. The number of pyridine rings is 1. The molecule has 2 aromatic heterocycles. The van der Waals surface area contributed by atoms with E-state index in [9.17, 15) is 4.79 Å². The molecular weight excluding hydrogens is 332 g/mol. The zero-order chi connectivity index (χ0) is 18.0. The van der Waals surface area contributed by atoms with Crippen LogP contribution in [0, 0.1) is 5.92 Å². The summed E-state index contributed by atoms with van der Waals surface area (Å²) < 4.78 is 13.6. The molecule has 2 aromatic rings. The van der Waals surface area contributed by atoms with Crippen LogP contribution in [0.4, 0.5) is 0 Å². The van der Waals surface area contributed by atoms with Crippen molar-refractivity contribution in [3.63, 3.8) is 0 Å². The number of ether oxygens (including phenoxy) is 2. The minimum atomic E-state index is -0.196. The average molecular weight is 356 g/mol. The van der Waals surface area contributed by atoms with Gasteiger partial charge in [0, 0.05) is 32.7 Å². The van der Waals surface area contributed by atoms with E-state index in [1.165, 1.54) is 0 Å². The molecule has 0 unspecified atom stereocenters. The third-order valence-electron chi connectivity index (χ3n) is 5.31. The maximum atomic E-state index is 12.5. The molecule has 2 aliphatic heterocycles. The van der Waals surface area contributed by atoms with Crippen LogP contribution in [0.2, 0.25) is 0 Å². The molecule has 1 atom stereocenters. The first-order valence-corrected chi connectivity index (χ1v) is 9.05. The molecule has 2 aliphatic rings. The molecule has 138 valence electrons. The Morgan fingerprint density at radius 1 is 1.38 bits per heavy atom. The number of imidazole rings is 1. The molecule has 7 nitrogen and oxygen atoms in total. The highest BCUT2D eigenvalue weighted by molar-refractivity contribution is 5.92. The summed E-state index contributed by atoms with van der Waals surface area (Å²) >= 11 is 0. The fourth-order valence-electron chi connectivity index (χ4n) is 3.86. The Balaban J connectivity index is 1.26. The van der Waals surface area contributed by atoms with E-state index in [1.807, 2.05) is 30.1 Å². The van der Waals surface area contributed by atoms with Crippen molar-refractivity contribution in [1.29, 1.82) is 0 Å². The molecule has 4 heterocycles. The van der Waals surface area contributed by atoms with Gasteiger partial charge in [0.15, 0.2) is 0 Å². The van der Waals surface area contributed by atoms with E-state index in [1.54, 1.807) is 23.3 Å². The minimum absolute atomic E-state index is 0.0168. The van der Waals surface area contributed by atoms with E-state index in [-0.39, 0.29) is 11.5 Å². The maximum absolute atomic E-state index is 12.5. The summed E-state index contributed by atoms with van der Waals surface area (Å²) in [6.45, 7) is 3.27. The van der Waals surface area contributed by atoms with Gasteiger partial charge < -0.3 is 18.9 Å². The Morgan fingerprint density at radius 2 is 2.27 bits per heavy atom. The number of aromatic nitrogens is 3. The SMILES string of the molecule is Cn1cnc(C(=O)N2CC3(C2)OCC[C@H]3CCOCc2ccccn2)c1. The number of rotatable bonds is 6. The zero-order valence-electron chi connectivity index (χ0n) is 15.0. The Labute approximate surface area is 152 Å². The number of nitrogens with zero attached hydrogens (tertiary/aromatic N) is 4. The van der Waals surface area contributed by atoms with Crippen LogP contribution in [0.25, 0.3) is 0 Å². The first kappa shape index (κ1) is 17.2. The molecule has 1 amide bonds.